The summed E-state index contributed by atoms with van der Waals surface area (Å²) in [5.41, 5.74) is -0.528. The summed E-state index contributed by atoms with van der Waals surface area (Å²) in [5, 5.41) is 12.3. The summed E-state index contributed by atoms with van der Waals surface area (Å²) in [7, 11) is -0.896. The molecule has 4 rings (SSSR count). The first kappa shape index (κ1) is 10.2. The van der Waals surface area contributed by atoms with E-state index in [0.29, 0.717) is 18.2 Å². The first-order valence-corrected chi connectivity index (χ1v) is 7.03. The van der Waals surface area contributed by atoms with E-state index in [-0.39, 0.29) is 15.7 Å². The molecule has 4 aliphatic rings. The van der Waals surface area contributed by atoms with Gasteiger partial charge in [-0.05, 0) is 6.92 Å². The molecule has 4 saturated heterocycles. The molecule has 4 nitrogen and oxygen atoms in total. The Morgan fingerprint density at radius 1 is 1.47 bits per heavy atom. The molecular weight excluding hydrogens is 214 g/mol. The first-order chi connectivity index (χ1) is 7.03. The minimum absolute atomic E-state index is 0.111. The molecule has 3 atom stereocenters. The van der Waals surface area contributed by atoms with E-state index in [1.54, 1.807) is 0 Å². The van der Waals surface area contributed by atoms with E-state index in [1.165, 1.54) is 0 Å². The summed E-state index contributed by atoms with van der Waals surface area (Å²) in [6.45, 7) is 3.86. The molecule has 0 aliphatic carbocycles. The minimum atomic E-state index is -0.896. The number of piperidine rings is 3. The highest BCUT2D eigenvalue weighted by molar-refractivity contribution is 7.85. The summed E-state index contributed by atoms with van der Waals surface area (Å²) < 4.78 is 17.5. The van der Waals surface area contributed by atoms with E-state index < -0.39 is 10.8 Å². The average molecular weight is 231 g/mol. The Kier molecular flexibility index (Phi) is 2.06. The van der Waals surface area contributed by atoms with Crippen molar-refractivity contribution in [2.45, 2.75) is 30.8 Å². The number of hydrogen-bond acceptors (Lipinski definition) is 3. The van der Waals surface area contributed by atoms with Crippen molar-refractivity contribution in [1.82, 2.24) is 0 Å². The van der Waals surface area contributed by atoms with Crippen LogP contribution in [0.4, 0.5) is 0 Å². The van der Waals surface area contributed by atoms with Crippen molar-refractivity contribution in [3.63, 3.8) is 0 Å². The van der Waals surface area contributed by atoms with E-state index in [4.69, 9.17) is 4.74 Å². The molecule has 2 bridgehead atoms. The van der Waals surface area contributed by atoms with Crippen LogP contribution in [-0.2, 0) is 15.5 Å². The average Bonchev–Trinajstić information content (AvgIpc) is 2.41. The standard InChI is InChI=1S/C10H17NO3S/c1-8-14-10(7-15(8)13)6-11(12)4-2-9(10)3-5-11/h8-9H,2-7H2,1H3/t8-,9?,10+,11?,15-/m1/s1. The normalized spacial score (nSPS) is 58.9. The molecule has 4 fully saturated rings. The first-order valence-electron chi connectivity index (χ1n) is 5.65. The molecule has 0 saturated carbocycles. The largest absolute Gasteiger partial charge is 0.633 e. The van der Waals surface area contributed by atoms with Crippen LogP contribution in [0.25, 0.3) is 0 Å². The van der Waals surface area contributed by atoms with Gasteiger partial charge in [-0.2, -0.15) is 0 Å². The lowest BCUT2D eigenvalue weighted by atomic mass is 9.76. The number of fused-ring (bicyclic) bond motifs is 2. The fraction of sp³-hybridized carbons (Fsp3) is 1.00. The predicted molar refractivity (Wildman–Crippen MR) is 57.2 cm³/mol. The lowest BCUT2D eigenvalue weighted by Crippen LogP contribution is -2.67. The molecule has 4 heterocycles. The van der Waals surface area contributed by atoms with Gasteiger partial charge in [-0.3, -0.25) is 4.21 Å². The van der Waals surface area contributed by atoms with Crippen LogP contribution in [-0.4, -0.2) is 45.3 Å². The molecule has 5 heteroatoms. The highest BCUT2D eigenvalue weighted by Gasteiger charge is 2.58. The van der Waals surface area contributed by atoms with Crippen molar-refractivity contribution in [2.24, 2.45) is 5.92 Å². The Hall–Kier alpha value is 0.0300. The maximum atomic E-state index is 12.3. The fourth-order valence-corrected chi connectivity index (χ4v) is 4.82. The van der Waals surface area contributed by atoms with Crippen LogP contribution in [0.5, 0.6) is 0 Å². The number of hydrogen-bond donors (Lipinski definition) is 0. The molecule has 0 radical (unpaired) electrons. The van der Waals surface area contributed by atoms with Crippen LogP contribution in [0.15, 0.2) is 0 Å². The van der Waals surface area contributed by atoms with E-state index >= 15 is 0 Å². The summed E-state index contributed by atoms with van der Waals surface area (Å²) >= 11 is 0. The Labute approximate surface area is 92.2 Å². The van der Waals surface area contributed by atoms with E-state index in [2.05, 4.69) is 0 Å². The van der Waals surface area contributed by atoms with Crippen molar-refractivity contribution < 1.29 is 13.6 Å². The topological polar surface area (TPSA) is 49.4 Å². The number of nitrogens with zero attached hydrogens (tertiary/aromatic N) is 1. The number of ether oxygens (including phenoxy) is 1. The second-order valence-corrected chi connectivity index (χ2v) is 6.93. The smallest absolute Gasteiger partial charge is 0.133 e. The molecule has 0 amide bonds. The highest BCUT2D eigenvalue weighted by atomic mass is 32.2. The van der Waals surface area contributed by atoms with Gasteiger partial charge in [0.05, 0.1) is 29.6 Å². The lowest BCUT2D eigenvalue weighted by molar-refractivity contribution is -0.905. The van der Waals surface area contributed by atoms with Crippen molar-refractivity contribution in [2.75, 3.05) is 25.4 Å². The SMILES string of the molecule is C[C@@H]1O[C@]2(C[S@]1=O)C[N+]1([O-])CCC2CC1. The van der Waals surface area contributed by atoms with Crippen LogP contribution in [0.2, 0.25) is 0 Å². The van der Waals surface area contributed by atoms with Gasteiger partial charge in [-0.25, -0.2) is 0 Å². The molecule has 15 heavy (non-hydrogen) atoms. The zero-order valence-corrected chi connectivity index (χ0v) is 9.79. The molecule has 0 aromatic carbocycles. The molecule has 1 spiro atoms. The molecule has 4 aliphatic heterocycles. The van der Waals surface area contributed by atoms with Crippen molar-refractivity contribution in [3.8, 4) is 0 Å². The Morgan fingerprint density at radius 2 is 2.13 bits per heavy atom. The van der Waals surface area contributed by atoms with E-state index in [9.17, 15) is 9.42 Å². The van der Waals surface area contributed by atoms with Crippen molar-refractivity contribution >= 4 is 10.8 Å². The number of hydroxylamine groups is 3. The molecule has 0 unspecified atom stereocenters. The third-order valence-electron chi connectivity index (χ3n) is 4.23. The third-order valence-corrected chi connectivity index (χ3v) is 5.84. The molecule has 0 aromatic rings. The molecule has 0 aromatic heterocycles. The maximum Gasteiger partial charge on any atom is 0.133 e. The van der Waals surface area contributed by atoms with Crippen LogP contribution >= 0.6 is 0 Å². The quantitative estimate of drug-likeness (QED) is 0.453. The number of quaternary nitrogens is 1. The van der Waals surface area contributed by atoms with Crippen molar-refractivity contribution in [3.05, 3.63) is 5.21 Å². The van der Waals surface area contributed by atoms with Gasteiger partial charge in [0, 0.05) is 18.8 Å². The van der Waals surface area contributed by atoms with Crippen LogP contribution < -0.4 is 0 Å². The fourth-order valence-electron chi connectivity index (χ4n) is 3.41. The van der Waals surface area contributed by atoms with Gasteiger partial charge in [0.1, 0.15) is 17.6 Å². The predicted octanol–water partition coefficient (Wildman–Crippen LogP) is 0.588. The van der Waals surface area contributed by atoms with Gasteiger partial charge in [-0.1, -0.05) is 0 Å². The molecule has 86 valence electrons. The monoisotopic (exact) mass is 231 g/mol. The van der Waals surface area contributed by atoms with E-state index in [0.717, 1.165) is 25.9 Å². The Balaban J connectivity index is 1.91. The third kappa shape index (κ3) is 1.40. The van der Waals surface area contributed by atoms with Crippen LogP contribution in [0, 0.1) is 11.1 Å². The summed E-state index contributed by atoms with van der Waals surface area (Å²) in [4.78, 5) is 0. The van der Waals surface area contributed by atoms with E-state index in [1.807, 2.05) is 6.92 Å². The second-order valence-electron chi connectivity index (χ2n) is 5.21. The zero-order chi connectivity index (χ0) is 10.7. The van der Waals surface area contributed by atoms with Gasteiger partial charge >= 0.3 is 0 Å². The minimum Gasteiger partial charge on any atom is -0.633 e. The Morgan fingerprint density at radius 3 is 2.60 bits per heavy atom. The van der Waals surface area contributed by atoms with Crippen LogP contribution in [0.3, 0.4) is 0 Å². The van der Waals surface area contributed by atoms with Gasteiger partial charge in [0.25, 0.3) is 0 Å². The lowest BCUT2D eigenvalue weighted by Gasteiger charge is -2.59. The highest BCUT2D eigenvalue weighted by Crippen LogP contribution is 2.46. The van der Waals surface area contributed by atoms with Gasteiger partial charge in [0.15, 0.2) is 0 Å². The molecule has 0 N–H and O–H groups in total. The van der Waals surface area contributed by atoms with Gasteiger partial charge < -0.3 is 14.6 Å². The van der Waals surface area contributed by atoms with Gasteiger partial charge in [-0.15, -0.1) is 0 Å². The summed E-state index contributed by atoms with van der Waals surface area (Å²) in [6.07, 6.45) is 1.90. The van der Waals surface area contributed by atoms with Gasteiger partial charge in [0.2, 0.25) is 0 Å². The summed E-state index contributed by atoms with van der Waals surface area (Å²) in [6, 6.07) is 0. The maximum absolute atomic E-state index is 12.3. The van der Waals surface area contributed by atoms with Crippen LogP contribution in [0.1, 0.15) is 19.8 Å². The Bertz CT molecular complexity index is 314. The number of rotatable bonds is 0. The molecular formula is C10H17NO3S. The van der Waals surface area contributed by atoms with Crippen molar-refractivity contribution in [1.29, 1.82) is 0 Å². The zero-order valence-electron chi connectivity index (χ0n) is 8.98. The summed E-state index contributed by atoms with van der Waals surface area (Å²) in [5.74, 6) is 1.06. The second kappa shape index (κ2) is 3.03.